The van der Waals surface area contributed by atoms with Crippen molar-refractivity contribution in [3.8, 4) is 22.9 Å². The van der Waals surface area contributed by atoms with E-state index in [1.165, 1.54) is 0 Å². The molecule has 0 aliphatic carbocycles. The molecule has 1 saturated heterocycles. The molecule has 8 heteroatoms. The zero-order valence-electron chi connectivity index (χ0n) is 15.8. The molecule has 1 fully saturated rings. The maximum absolute atomic E-state index is 9.95. The Morgan fingerprint density at radius 1 is 1.14 bits per heavy atom. The number of anilines is 1. The van der Waals surface area contributed by atoms with Gasteiger partial charge < -0.3 is 9.64 Å². The number of hydrogen-bond donors (Lipinski definition) is 2. The number of methoxy groups -OCH3 is 1. The van der Waals surface area contributed by atoms with E-state index < -0.39 is 10.6 Å². The Labute approximate surface area is 175 Å². The highest BCUT2D eigenvalue weighted by Crippen LogP contribution is 2.43. The molecule has 2 aromatic carbocycles. The van der Waals surface area contributed by atoms with Crippen molar-refractivity contribution in [2.24, 2.45) is 0 Å². The quantitative estimate of drug-likeness (QED) is 0.608. The van der Waals surface area contributed by atoms with Gasteiger partial charge in [0.2, 0.25) is 0 Å². The first-order chi connectivity index (χ1) is 13.9. The van der Waals surface area contributed by atoms with Crippen LogP contribution < -0.4 is 9.64 Å². The van der Waals surface area contributed by atoms with Crippen molar-refractivity contribution in [3.63, 3.8) is 0 Å². The van der Waals surface area contributed by atoms with Crippen molar-refractivity contribution in [2.75, 3.05) is 36.6 Å². The first kappa shape index (κ1) is 19.8. The van der Waals surface area contributed by atoms with E-state index in [1.54, 1.807) is 13.2 Å². The molecule has 0 spiro atoms. The molecule has 0 atom stereocenters. The molecule has 0 bridgehead atoms. The Morgan fingerprint density at radius 3 is 2.55 bits per heavy atom. The predicted octanol–water partition coefficient (Wildman–Crippen LogP) is 5.01. The summed E-state index contributed by atoms with van der Waals surface area (Å²) in [5.41, 5.74) is 1.80. The normalized spacial score (nSPS) is 17.0. The van der Waals surface area contributed by atoms with Crippen molar-refractivity contribution >= 4 is 38.8 Å². The highest BCUT2D eigenvalue weighted by atomic mass is 35.5. The van der Waals surface area contributed by atoms with Gasteiger partial charge in [0.1, 0.15) is 17.6 Å². The van der Waals surface area contributed by atoms with E-state index in [2.05, 4.69) is 11.1 Å². The number of fused-ring (bicyclic) bond motifs is 1. The number of aromatic nitrogens is 1. The summed E-state index contributed by atoms with van der Waals surface area (Å²) in [5.74, 6) is 1.93. The van der Waals surface area contributed by atoms with Gasteiger partial charge in [-0.25, -0.2) is 4.98 Å². The van der Waals surface area contributed by atoms with Crippen LogP contribution in [0, 0.1) is 11.3 Å². The van der Waals surface area contributed by atoms with Gasteiger partial charge in [0.15, 0.2) is 5.69 Å². The molecule has 0 radical (unpaired) electrons. The summed E-state index contributed by atoms with van der Waals surface area (Å²) in [7, 11) is -0.928. The smallest absolute Gasteiger partial charge is 0.151 e. The standard InChI is InChI=1S/C21H20ClN3O3S/c1-28-16-5-6-17-18(12-16)20(14-3-2-4-15(22)11-14)19(13-23)24-21(17)25-7-9-29(26,27)10-8-25/h2-6,11-12,26-27H,7-10H2,1H3. The van der Waals surface area contributed by atoms with Crippen LogP contribution in [0.15, 0.2) is 42.5 Å². The first-order valence-electron chi connectivity index (χ1n) is 9.08. The maximum atomic E-state index is 9.95. The second-order valence-corrected chi connectivity index (χ2v) is 9.75. The van der Waals surface area contributed by atoms with E-state index in [4.69, 9.17) is 16.3 Å². The largest absolute Gasteiger partial charge is 0.497 e. The summed E-state index contributed by atoms with van der Waals surface area (Å²) in [5, 5.41) is 12.2. The number of benzene rings is 2. The molecule has 4 rings (SSSR count). The molecule has 0 unspecified atom stereocenters. The number of nitriles is 1. The molecule has 1 aliphatic rings. The minimum atomic E-state index is -2.53. The van der Waals surface area contributed by atoms with Gasteiger partial charge in [0, 0.05) is 29.1 Å². The fourth-order valence-corrected chi connectivity index (χ4v) is 5.02. The van der Waals surface area contributed by atoms with Crippen molar-refractivity contribution in [3.05, 3.63) is 53.2 Å². The van der Waals surface area contributed by atoms with Gasteiger partial charge in [-0.2, -0.15) is 15.9 Å². The molecule has 1 aliphatic heterocycles. The topological polar surface area (TPSA) is 89.6 Å². The van der Waals surface area contributed by atoms with Gasteiger partial charge in [-0.3, -0.25) is 9.11 Å². The van der Waals surface area contributed by atoms with Gasteiger partial charge >= 0.3 is 0 Å². The maximum Gasteiger partial charge on any atom is 0.151 e. The number of halogens is 1. The summed E-state index contributed by atoms with van der Waals surface area (Å²) in [6.07, 6.45) is 0. The van der Waals surface area contributed by atoms with Crippen molar-refractivity contribution in [1.29, 1.82) is 5.26 Å². The molecule has 29 heavy (non-hydrogen) atoms. The lowest BCUT2D eigenvalue weighted by molar-refractivity contribution is 0.415. The minimum Gasteiger partial charge on any atom is -0.497 e. The van der Waals surface area contributed by atoms with E-state index in [1.807, 2.05) is 41.3 Å². The molecule has 0 amide bonds. The fraction of sp³-hybridized carbons (Fsp3) is 0.238. The summed E-state index contributed by atoms with van der Waals surface area (Å²) in [6, 6.07) is 15.3. The van der Waals surface area contributed by atoms with Gasteiger partial charge in [0.05, 0.1) is 18.6 Å². The molecule has 2 heterocycles. The summed E-state index contributed by atoms with van der Waals surface area (Å²) in [4.78, 5) is 6.69. The van der Waals surface area contributed by atoms with Crippen LogP contribution in [-0.4, -0.2) is 45.8 Å². The summed E-state index contributed by atoms with van der Waals surface area (Å²) < 4.78 is 25.3. The van der Waals surface area contributed by atoms with Crippen LogP contribution in [0.25, 0.3) is 21.9 Å². The summed E-state index contributed by atoms with van der Waals surface area (Å²) >= 11 is 6.20. The number of ether oxygens (including phenoxy) is 1. The summed E-state index contributed by atoms with van der Waals surface area (Å²) in [6.45, 7) is 0.940. The molecule has 1 aromatic heterocycles. The van der Waals surface area contributed by atoms with Crippen LogP contribution in [0.4, 0.5) is 5.82 Å². The highest BCUT2D eigenvalue weighted by Gasteiger charge is 2.26. The zero-order valence-corrected chi connectivity index (χ0v) is 17.4. The molecule has 2 N–H and O–H groups in total. The molecule has 3 aromatic rings. The SMILES string of the molecule is COc1ccc2c(N3CCS(O)(O)CC3)nc(C#N)c(-c3cccc(Cl)c3)c2c1. The number of pyridine rings is 1. The van der Waals surface area contributed by atoms with Crippen LogP contribution in [0.1, 0.15) is 5.69 Å². The van der Waals surface area contributed by atoms with Crippen LogP contribution in [-0.2, 0) is 0 Å². The molecule has 0 saturated carbocycles. The molecule has 6 nitrogen and oxygen atoms in total. The fourth-order valence-electron chi connectivity index (χ4n) is 3.60. The number of hydrogen-bond acceptors (Lipinski definition) is 6. The third-order valence-electron chi connectivity index (χ3n) is 5.09. The van der Waals surface area contributed by atoms with E-state index in [0.717, 1.165) is 16.3 Å². The molecular formula is C21H20ClN3O3S. The van der Waals surface area contributed by atoms with E-state index in [-0.39, 0.29) is 0 Å². The van der Waals surface area contributed by atoms with Gasteiger partial charge in [0.25, 0.3) is 0 Å². The average Bonchev–Trinajstić information content (AvgIpc) is 2.72. The van der Waals surface area contributed by atoms with Crippen LogP contribution in [0.3, 0.4) is 0 Å². The Bertz CT molecular complexity index is 1120. The van der Waals surface area contributed by atoms with Crippen molar-refractivity contribution < 1.29 is 13.8 Å². The lowest BCUT2D eigenvalue weighted by Gasteiger charge is -2.41. The van der Waals surface area contributed by atoms with Crippen molar-refractivity contribution in [2.45, 2.75) is 0 Å². The first-order valence-corrected chi connectivity index (χ1v) is 11.3. The van der Waals surface area contributed by atoms with Gasteiger partial charge in [-0.1, -0.05) is 23.7 Å². The minimum absolute atomic E-state index is 0.292. The lowest BCUT2D eigenvalue weighted by atomic mass is 9.96. The number of rotatable bonds is 3. The lowest BCUT2D eigenvalue weighted by Crippen LogP contribution is -2.39. The second kappa shape index (κ2) is 7.73. The van der Waals surface area contributed by atoms with Crippen LogP contribution >= 0.6 is 22.2 Å². The van der Waals surface area contributed by atoms with Crippen LogP contribution in [0.2, 0.25) is 5.02 Å². The Morgan fingerprint density at radius 2 is 1.90 bits per heavy atom. The molecule has 150 valence electrons. The Balaban J connectivity index is 1.96. The van der Waals surface area contributed by atoms with Gasteiger partial charge in [-0.15, -0.1) is 0 Å². The van der Waals surface area contributed by atoms with Crippen molar-refractivity contribution in [1.82, 2.24) is 4.98 Å². The third kappa shape index (κ3) is 3.85. The van der Waals surface area contributed by atoms with E-state index in [9.17, 15) is 14.4 Å². The Hall–Kier alpha value is -2.50. The highest BCUT2D eigenvalue weighted by molar-refractivity contribution is 8.24. The Kier molecular flexibility index (Phi) is 5.28. The average molecular weight is 430 g/mol. The van der Waals surface area contributed by atoms with Gasteiger partial charge in [-0.05, 0) is 41.3 Å². The zero-order chi connectivity index (χ0) is 20.6. The van der Waals surface area contributed by atoms with Crippen LogP contribution in [0.5, 0.6) is 5.75 Å². The van der Waals surface area contributed by atoms with E-state index in [0.29, 0.717) is 52.4 Å². The number of nitrogens with zero attached hydrogens (tertiary/aromatic N) is 3. The molecular weight excluding hydrogens is 410 g/mol. The second-order valence-electron chi connectivity index (χ2n) is 6.89. The predicted molar refractivity (Wildman–Crippen MR) is 118 cm³/mol. The third-order valence-corrected chi connectivity index (χ3v) is 6.99. The monoisotopic (exact) mass is 429 g/mol. The van der Waals surface area contributed by atoms with E-state index >= 15 is 0 Å².